The van der Waals surface area contributed by atoms with Crippen LogP contribution in [0.2, 0.25) is 15.1 Å². The van der Waals surface area contributed by atoms with Gasteiger partial charge in [0, 0.05) is 33.4 Å². The zero-order valence-electron chi connectivity index (χ0n) is 16.8. The molecule has 176 valence electrons. The van der Waals surface area contributed by atoms with Crippen LogP contribution in [-0.2, 0) is 4.79 Å². The maximum atomic E-state index is 13.4. The average molecular weight is 565 g/mol. The molecule has 2 N–H and O–H groups in total. The molecule has 34 heavy (non-hydrogen) atoms. The molecule has 0 aliphatic heterocycles. The molecule has 11 heteroatoms. The van der Waals surface area contributed by atoms with Crippen molar-refractivity contribution in [2.24, 2.45) is 5.92 Å². The van der Waals surface area contributed by atoms with E-state index in [4.69, 9.17) is 58.0 Å². The highest BCUT2D eigenvalue weighted by atomic mass is 35.5. The summed E-state index contributed by atoms with van der Waals surface area (Å²) >= 11 is 31.0. The largest absolute Gasteiger partial charge is 0.326 e. The van der Waals surface area contributed by atoms with Gasteiger partial charge in [-0.1, -0.05) is 34.8 Å². The predicted molar refractivity (Wildman–Crippen MR) is 132 cm³/mol. The standard InChI is InChI=1S/C23H13Cl5F2N2O2/c24-11-5-10(6-12(25)7-11)19-20(23(19,27)28)22(34)32-13-1-3-16(26)15(8-13)21(33)31-14-2-4-17(29)18(30)9-14/h1-9,19-20H,(H,31,33)(H,32,34)/t19-,20+/m1/s1. The summed E-state index contributed by atoms with van der Waals surface area (Å²) in [5.41, 5.74) is 0.903. The lowest BCUT2D eigenvalue weighted by Gasteiger charge is -2.10. The Morgan fingerprint density at radius 2 is 1.41 bits per heavy atom. The van der Waals surface area contributed by atoms with Crippen LogP contribution in [0.5, 0.6) is 0 Å². The Kier molecular flexibility index (Phi) is 7.00. The first-order valence-corrected chi connectivity index (χ1v) is 11.6. The second-order valence-corrected chi connectivity index (χ2v) is 10.3. The first-order valence-electron chi connectivity index (χ1n) is 9.68. The SMILES string of the molecule is O=C(Nc1ccc(F)c(F)c1)c1cc(NC(=O)[C@@H]2[C@@H](c3cc(Cl)cc(Cl)c3)C2(Cl)Cl)ccc1Cl. The minimum atomic E-state index is -1.38. The molecule has 0 radical (unpaired) electrons. The first kappa shape index (κ1) is 25.0. The van der Waals surface area contributed by atoms with E-state index in [0.717, 1.165) is 12.1 Å². The molecule has 2 amide bonds. The molecule has 0 spiro atoms. The van der Waals surface area contributed by atoms with Gasteiger partial charge in [-0.25, -0.2) is 8.78 Å². The maximum absolute atomic E-state index is 13.4. The normalized spacial score (nSPS) is 18.3. The molecule has 1 fully saturated rings. The summed E-state index contributed by atoms with van der Waals surface area (Å²) in [6, 6.07) is 12.0. The van der Waals surface area contributed by atoms with Gasteiger partial charge in [0.15, 0.2) is 11.6 Å². The number of benzene rings is 3. The number of nitrogens with one attached hydrogen (secondary N) is 2. The van der Waals surface area contributed by atoms with E-state index in [1.165, 1.54) is 24.3 Å². The van der Waals surface area contributed by atoms with Crippen LogP contribution < -0.4 is 10.6 Å². The molecule has 2 atom stereocenters. The Morgan fingerprint density at radius 1 is 0.794 bits per heavy atom. The van der Waals surface area contributed by atoms with Gasteiger partial charge in [0.05, 0.1) is 16.5 Å². The van der Waals surface area contributed by atoms with Gasteiger partial charge >= 0.3 is 0 Å². The Morgan fingerprint density at radius 3 is 2.06 bits per heavy atom. The molecule has 1 saturated carbocycles. The summed E-state index contributed by atoms with van der Waals surface area (Å²) < 4.78 is 25.2. The first-order chi connectivity index (χ1) is 16.0. The summed E-state index contributed by atoms with van der Waals surface area (Å²) in [6.45, 7) is 0. The number of alkyl halides is 2. The van der Waals surface area contributed by atoms with Gasteiger partial charge in [0.1, 0.15) is 4.33 Å². The van der Waals surface area contributed by atoms with Gasteiger partial charge in [0.2, 0.25) is 5.91 Å². The van der Waals surface area contributed by atoms with E-state index < -0.39 is 39.6 Å². The highest BCUT2D eigenvalue weighted by Crippen LogP contribution is 2.65. The van der Waals surface area contributed by atoms with E-state index in [1.54, 1.807) is 18.2 Å². The van der Waals surface area contributed by atoms with Crippen LogP contribution >= 0.6 is 58.0 Å². The van der Waals surface area contributed by atoms with E-state index in [0.29, 0.717) is 15.6 Å². The summed E-state index contributed by atoms with van der Waals surface area (Å²) in [7, 11) is 0. The Balaban J connectivity index is 1.51. The molecule has 0 bridgehead atoms. The third kappa shape index (κ3) is 5.11. The number of anilines is 2. The van der Waals surface area contributed by atoms with Crippen LogP contribution in [0.15, 0.2) is 54.6 Å². The third-order valence-electron chi connectivity index (χ3n) is 5.24. The van der Waals surface area contributed by atoms with E-state index in [-0.39, 0.29) is 22.0 Å². The smallest absolute Gasteiger partial charge is 0.257 e. The van der Waals surface area contributed by atoms with Crippen LogP contribution in [0.1, 0.15) is 21.8 Å². The highest BCUT2D eigenvalue weighted by Gasteiger charge is 2.67. The number of rotatable bonds is 5. The lowest BCUT2D eigenvalue weighted by atomic mass is 10.1. The minimum Gasteiger partial charge on any atom is -0.326 e. The fraction of sp³-hybridized carbons (Fsp3) is 0.130. The van der Waals surface area contributed by atoms with E-state index in [2.05, 4.69) is 10.6 Å². The monoisotopic (exact) mass is 562 g/mol. The molecule has 0 heterocycles. The summed E-state index contributed by atoms with van der Waals surface area (Å²) in [5.74, 6) is -4.69. The zero-order valence-corrected chi connectivity index (χ0v) is 20.6. The fourth-order valence-electron chi connectivity index (χ4n) is 3.59. The van der Waals surface area contributed by atoms with Crippen molar-refractivity contribution in [3.63, 3.8) is 0 Å². The fourth-order valence-corrected chi connectivity index (χ4v) is 5.17. The van der Waals surface area contributed by atoms with Gasteiger partial charge in [-0.3, -0.25) is 9.59 Å². The number of hydrogen-bond acceptors (Lipinski definition) is 2. The maximum Gasteiger partial charge on any atom is 0.257 e. The van der Waals surface area contributed by atoms with Crippen LogP contribution in [-0.4, -0.2) is 16.1 Å². The van der Waals surface area contributed by atoms with Crippen molar-refractivity contribution in [1.82, 2.24) is 0 Å². The second kappa shape index (κ2) is 9.51. The van der Waals surface area contributed by atoms with Crippen molar-refractivity contribution < 1.29 is 18.4 Å². The van der Waals surface area contributed by atoms with Crippen molar-refractivity contribution in [3.8, 4) is 0 Å². The number of carbonyl (C=O) groups excluding carboxylic acids is 2. The second-order valence-electron chi connectivity index (χ2n) is 7.60. The third-order valence-corrected chi connectivity index (χ3v) is 6.94. The van der Waals surface area contributed by atoms with E-state index >= 15 is 0 Å². The molecule has 3 aromatic rings. The molecule has 1 aliphatic rings. The number of hydrogen-bond donors (Lipinski definition) is 2. The van der Waals surface area contributed by atoms with Crippen molar-refractivity contribution in [2.75, 3.05) is 10.6 Å². The molecular weight excluding hydrogens is 552 g/mol. The molecule has 4 nitrogen and oxygen atoms in total. The molecule has 0 saturated heterocycles. The van der Waals surface area contributed by atoms with E-state index in [9.17, 15) is 18.4 Å². The number of carbonyl (C=O) groups is 2. The van der Waals surface area contributed by atoms with Crippen molar-refractivity contribution in [2.45, 2.75) is 10.3 Å². The van der Waals surface area contributed by atoms with Gasteiger partial charge in [-0.2, -0.15) is 0 Å². The lowest BCUT2D eigenvalue weighted by molar-refractivity contribution is -0.117. The summed E-state index contributed by atoms with van der Waals surface area (Å²) in [5, 5.41) is 5.94. The zero-order chi connectivity index (χ0) is 24.8. The van der Waals surface area contributed by atoms with Crippen molar-refractivity contribution >= 4 is 81.2 Å². The van der Waals surface area contributed by atoms with Crippen LogP contribution in [0.4, 0.5) is 20.2 Å². The predicted octanol–water partition coefficient (Wildman–Crippen LogP) is 7.70. The molecule has 0 aromatic heterocycles. The van der Waals surface area contributed by atoms with Gasteiger partial charge in [-0.05, 0) is 54.1 Å². The minimum absolute atomic E-state index is 0.00109. The topological polar surface area (TPSA) is 58.2 Å². The average Bonchev–Trinajstić information content (AvgIpc) is 3.33. The van der Waals surface area contributed by atoms with Gasteiger partial charge < -0.3 is 10.6 Å². The molecule has 1 aliphatic carbocycles. The highest BCUT2D eigenvalue weighted by molar-refractivity contribution is 6.53. The van der Waals surface area contributed by atoms with Crippen LogP contribution in [0, 0.1) is 17.6 Å². The number of halogens is 7. The van der Waals surface area contributed by atoms with Crippen LogP contribution in [0.3, 0.4) is 0 Å². The number of amides is 2. The molecular formula is C23H13Cl5F2N2O2. The summed E-state index contributed by atoms with van der Waals surface area (Å²) in [4.78, 5) is 25.5. The molecule has 0 unspecified atom stereocenters. The van der Waals surface area contributed by atoms with Gasteiger partial charge in [0.25, 0.3) is 5.91 Å². The van der Waals surface area contributed by atoms with Crippen LogP contribution in [0.25, 0.3) is 0 Å². The molecule has 3 aromatic carbocycles. The lowest BCUT2D eigenvalue weighted by Crippen LogP contribution is -2.18. The van der Waals surface area contributed by atoms with E-state index in [1.807, 2.05) is 0 Å². The quantitative estimate of drug-likeness (QED) is 0.312. The Bertz CT molecular complexity index is 1300. The van der Waals surface area contributed by atoms with Crippen molar-refractivity contribution in [1.29, 1.82) is 0 Å². The van der Waals surface area contributed by atoms with Gasteiger partial charge in [-0.15, -0.1) is 23.2 Å². The van der Waals surface area contributed by atoms with Crippen molar-refractivity contribution in [3.05, 3.63) is 92.4 Å². The Hall–Kier alpha value is -2.09. The molecule has 4 rings (SSSR count). The Labute approximate surface area is 218 Å². The summed E-state index contributed by atoms with van der Waals surface area (Å²) in [6.07, 6.45) is 0.